The van der Waals surface area contributed by atoms with Crippen molar-refractivity contribution in [2.75, 3.05) is 13.2 Å². The molecule has 0 aliphatic carbocycles. The first-order chi connectivity index (χ1) is 15.8. The average Bonchev–Trinajstić information content (AvgIpc) is 2.79. The standard InChI is InChI=1S/C22H23F3N4O4/c23-22(24,25)33-18-10-6-7-16(13-18)14-28-20(30)19(29-26)15-27-11-4-5-12-32-21(31)17-8-2-1-3-9-17/h1-3,6-10,13,15H,4-5,11-12,14,26H2,(H,28,30). The highest BCUT2D eigenvalue weighted by Gasteiger charge is 2.31. The Morgan fingerprint density at radius 1 is 1.06 bits per heavy atom. The number of halogens is 3. The molecule has 0 aliphatic rings. The number of unbranched alkanes of at least 4 members (excludes halogenated alkanes) is 1. The number of amides is 1. The molecule has 2 rings (SSSR count). The molecule has 0 bridgehead atoms. The van der Waals surface area contributed by atoms with Crippen LogP contribution in [0.5, 0.6) is 5.75 Å². The number of nitrogens with one attached hydrogen (secondary N) is 1. The molecule has 0 fully saturated rings. The zero-order valence-electron chi connectivity index (χ0n) is 17.5. The maximum absolute atomic E-state index is 12.3. The Hall–Kier alpha value is -3.89. The number of benzene rings is 2. The van der Waals surface area contributed by atoms with Crippen LogP contribution in [0.1, 0.15) is 28.8 Å². The van der Waals surface area contributed by atoms with Crippen LogP contribution >= 0.6 is 0 Å². The van der Waals surface area contributed by atoms with Crippen molar-refractivity contribution >= 4 is 23.8 Å². The third kappa shape index (κ3) is 9.85. The quantitative estimate of drug-likeness (QED) is 0.174. The van der Waals surface area contributed by atoms with E-state index in [1.165, 1.54) is 18.3 Å². The van der Waals surface area contributed by atoms with E-state index in [1.54, 1.807) is 30.3 Å². The summed E-state index contributed by atoms with van der Waals surface area (Å²) in [6.07, 6.45) is -2.42. The Bertz CT molecular complexity index is 979. The van der Waals surface area contributed by atoms with Crippen molar-refractivity contribution < 1.29 is 32.2 Å². The van der Waals surface area contributed by atoms with Gasteiger partial charge in [0.2, 0.25) is 0 Å². The summed E-state index contributed by atoms with van der Waals surface area (Å²) >= 11 is 0. The highest BCUT2D eigenvalue weighted by Crippen LogP contribution is 2.23. The summed E-state index contributed by atoms with van der Waals surface area (Å²) in [6, 6.07) is 13.8. The van der Waals surface area contributed by atoms with Gasteiger partial charge in [-0.2, -0.15) is 5.10 Å². The minimum Gasteiger partial charge on any atom is -0.462 e. The molecule has 176 valence electrons. The summed E-state index contributed by atoms with van der Waals surface area (Å²) in [5.41, 5.74) is 0.724. The van der Waals surface area contributed by atoms with Crippen LogP contribution in [0.2, 0.25) is 0 Å². The molecule has 2 aromatic rings. The number of carbonyl (C=O) groups excluding carboxylic acids is 2. The maximum Gasteiger partial charge on any atom is 0.573 e. The summed E-state index contributed by atoms with van der Waals surface area (Å²) in [5.74, 6) is 3.79. The van der Waals surface area contributed by atoms with E-state index in [0.29, 0.717) is 30.5 Å². The molecule has 0 spiro atoms. The van der Waals surface area contributed by atoms with Gasteiger partial charge in [-0.15, -0.1) is 13.2 Å². The highest BCUT2D eigenvalue weighted by molar-refractivity contribution is 6.60. The summed E-state index contributed by atoms with van der Waals surface area (Å²) in [7, 11) is 0. The van der Waals surface area contributed by atoms with Gasteiger partial charge < -0.3 is 20.6 Å². The van der Waals surface area contributed by atoms with Crippen molar-refractivity contribution in [3.63, 3.8) is 0 Å². The molecule has 0 heterocycles. The Morgan fingerprint density at radius 3 is 2.52 bits per heavy atom. The normalized spacial score (nSPS) is 11.9. The second-order valence-electron chi connectivity index (χ2n) is 6.64. The van der Waals surface area contributed by atoms with E-state index >= 15 is 0 Å². The monoisotopic (exact) mass is 464 g/mol. The molecule has 0 saturated carbocycles. The molecule has 33 heavy (non-hydrogen) atoms. The number of aliphatic imine (C=N–C) groups is 1. The van der Waals surface area contributed by atoms with Crippen LogP contribution in [0.3, 0.4) is 0 Å². The predicted molar refractivity (Wildman–Crippen MR) is 116 cm³/mol. The van der Waals surface area contributed by atoms with Crippen LogP contribution in [0.15, 0.2) is 64.7 Å². The van der Waals surface area contributed by atoms with Crippen molar-refractivity contribution in [1.82, 2.24) is 5.32 Å². The fourth-order valence-corrected chi connectivity index (χ4v) is 2.55. The molecule has 2 aromatic carbocycles. The second-order valence-corrected chi connectivity index (χ2v) is 6.64. The van der Waals surface area contributed by atoms with E-state index < -0.39 is 24.0 Å². The van der Waals surface area contributed by atoms with Crippen LogP contribution in [-0.4, -0.2) is 43.3 Å². The lowest BCUT2D eigenvalue weighted by Gasteiger charge is -2.10. The first kappa shape index (κ1) is 25.4. The number of alkyl halides is 3. The molecular weight excluding hydrogens is 441 g/mol. The van der Waals surface area contributed by atoms with Crippen LogP contribution < -0.4 is 15.9 Å². The van der Waals surface area contributed by atoms with Crippen LogP contribution in [0.25, 0.3) is 0 Å². The summed E-state index contributed by atoms with van der Waals surface area (Å²) < 4.78 is 45.9. The van der Waals surface area contributed by atoms with Gasteiger partial charge in [0.05, 0.1) is 18.4 Å². The van der Waals surface area contributed by atoms with Gasteiger partial charge in [-0.05, 0) is 42.7 Å². The minimum atomic E-state index is -4.80. The fraction of sp³-hybridized carbons (Fsp3) is 0.273. The molecular formula is C22H23F3N4O4. The lowest BCUT2D eigenvalue weighted by molar-refractivity contribution is -0.274. The number of rotatable bonds is 11. The first-order valence-electron chi connectivity index (χ1n) is 9.91. The van der Waals surface area contributed by atoms with Crippen LogP contribution in [0.4, 0.5) is 13.2 Å². The van der Waals surface area contributed by atoms with Crippen molar-refractivity contribution in [3.05, 3.63) is 65.7 Å². The lowest BCUT2D eigenvalue weighted by atomic mass is 10.2. The molecule has 0 aromatic heterocycles. The Balaban J connectivity index is 1.69. The van der Waals surface area contributed by atoms with E-state index in [1.807, 2.05) is 0 Å². The van der Waals surface area contributed by atoms with Gasteiger partial charge in [0.1, 0.15) is 5.75 Å². The van der Waals surface area contributed by atoms with Gasteiger partial charge >= 0.3 is 12.3 Å². The van der Waals surface area contributed by atoms with E-state index in [9.17, 15) is 22.8 Å². The van der Waals surface area contributed by atoms with Crippen molar-refractivity contribution in [2.45, 2.75) is 25.7 Å². The number of hydrazone groups is 1. The Labute approximate surface area is 188 Å². The van der Waals surface area contributed by atoms with Crippen LogP contribution in [0, 0.1) is 0 Å². The van der Waals surface area contributed by atoms with Crippen molar-refractivity contribution in [2.24, 2.45) is 15.9 Å². The molecule has 3 N–H and O–H groups in total. The van der Waals surface area contributed by atoms with Gasteiger partial charge in [0, 0.05) is 13.1 Å². The molecule has 0 radical (unpaired) electrons. The summed E-state index contributed by atoms with van der Waals surface area (Å²) in [5, 5.41) is 5.86. The largest absolute Gasteiger partial charge is 0.573 e. The van der Waals surface area contributed by atoms with E-state index in [-0.39, 0.29) is 18.9 Å². The molecule has 0 unspecified atom stereocenters. The molecule has 8 nitrogen and oxygen atoms in total. The molecule has 0 aliphatic heterocycles. The highest BCUT2D eigenvalue weighted by atomic mass is 19.4. The smallest absolute Gasteiger partial charge is 0.462 e. The maximum atomic E-state index is 12.3. The number of esters is 1. The van der Waals surface area contributed by atoms with Gasteiger partial charge in [0.25, 0.3) is 5.91 Å². The van der Waals surface area contributed by atoms with E-state index in [4.69, 9.17) is 10.6 Å². The number of hydrogen-bond donors (Lipinski definition) is 2. The van der Waals surface area contributed by atoms with Gasteiger partial charge in [-0.3, -0.25) is 9.79 Å². The second kappa shape index (κ2) is 12.8. The predicted octanol–water partition coefficient (Wildman–Crippen LogP) is 3.22. The number of nitrogens with two attached hydrogens (primary N) is 1. The molecule has 0 atom stereocenters. The Morgan fingerprint density at radius 2 is 1.82 bits per heavy atom. The van der Waals surface area contributed by atoms with Gasteiger partial charge in [-0.1, -0.05) is 30.3 Å². The number of carbonyl (C=O) groups is 2. The average molecular weight is 464 g/mol. The first-order valence-corrected chi connectivity index (χ1v) is 9.91. The third-order valence-electron chi connectivity index (χ3n) is 4.09. The number of nitrogens with zero attached hydrogens (tertiary/aromatic N) is 2. The zero-order valence-corrected chi connectivity index (χ0v) is 17.5. The lowest BCUT2D eigenvalue weighted by Crippen LogP contribution is -2.32. The molecule has 1 amide bonds. The minimum absolute atomic E-state index is 0.0620. The number of hydrogen-bond acceptors (Lipinski definition) is 7. The van der Waals surface area contributed by atoms with E-state index in [2.05, 4.69) is 20.1 Å². The van der Waals surface area contributed by atoms with Crippen molar-refractivity contribution in [1.29, 1.82) is 0 Å². The van der Waals surface area contributed by atoms with E-state index in [0.717, 1.165) is 12.1 Å². The van der Waals surface area contributed by atoms with Crippen molar-refractivity contribution in [3.8, 4) is 5.75 Å². The summed E-state index contributed by atoms with van der Waals surface area (Å²) in [6.45, 7) is 0.526. The SMILES string of the molecule is NN=C(C=NCCCCOC(=O)c1ccccc1)C(=O)NCc1cccc(OC(F)(F)F)c1. The third-order valence-corrected chi connectivity index (χ3v) is 4.09. The molecule has 0 saturated heterocycles. The number of ether oxygens (including phenoxy) is 2. The molecule has 11 heteroatoms. The van der Waals surface area contributed by atoms with Gasteiger partial charge in [0.15, 0.2) is 5.71 Å². The summed E-state index contributed by atoms with van der Waals surface area (Å²) in [4.78, 5) is 28.0. The fourth-order valence-electron chi connectivity index (χ4n) is 2.55. The van der Waals surface area contributed by atoms with Gasteiger partial charge in [-0.25, -0.2) is 4.79 Å². The zero-order chi connectivity index (χ0) is 24.1. The Kier molecular flexibility index (Phi) is 9.87. The van der Waals surface area contributed by atoms with Crippen LogP contribution in [-0.2, 0) is 16.1 Å². The topological polar surface area (TPSA) is 115 Å².